The summed E-state index contributed by atoms with van der Waals surface area (Å²) in [5.74, 6) is 0.739. The van der Waals surface area contributed by atoms with Crippen molar-refractivity contribution in [3.8, 4) is 0 Å². The summed E-state index contributed by atoms with van der Waals surface area (Å²) in [6, 6.07) is 0.672. The Morgan fingerprint density at radius 1 is 1.00 bits per heavy atom. The number of hydrogen-bond acceptors (Lipinski definition) is 2. The molecule has 1 fully saturated rings. The van der Waals surface area contributed by atoms with Gasteiger partial charge < -0.3 is 0 Å². The van der Waals surface area contributed by atoms with E-state index in [0.29, 0.717) is 16.9 Å². The van der Waals surface area contributed by atoms with Crippen molar-refractivity contribution in [1.82, 2.24) is 9.80 Å². The molecule has 1 aliphatic rings. The zero-order chi connectivity index (χ0) is 14.1. The van der Waals surface area contributed by atoms with Gasteiger partial charge in [-0.25, -0.2) is 0 Å². The predicted molar refractivity (Wildman–Crippen MR) is 80.7 cm³/mol. The molecule has 2 atom stereocenters. The van der Waals surface area contributed by atoms with Gasteiger partial charge in [0.1, 0.15) is 0 Å². The van der Waals surface area contributed by atoms with Crippen LogP contribution >= 0.6 is 0 Å². The van der Waals surface area contributed by atoms with Gasteiger partial charge in [-0.2, -0.15) is 0 Å². The molecule has 0 aromatic rings. The molecule has 2 nitrogen and oxygen atoms in total. The molecular weight excluding hydrogens is 220 g/mol. The SMILES string of the molecule is CCCN1CC(C(C)(C)C)C(C(C)(C)C)N(C)C1. The van der Waals surface area contributed by atoms with E-state index in [1.807, 2.05) is 0 Å². The van der Waals surface area contributed by atoms with E-state index >= 15 is 0 Å². The first kappa shape index (κ1) is 16.0. The molecule has 0 spiro atoms. The van der Waals surface area contributed by atoms with Crippen LogP contribution in [0, 0.1) is 16.7 Å². The van der Waals surface area contributed by atoms with Crippen molar-refractivity contribution in [3.05, 3.63) is 0 Å². The summed E-state index contributed by atoms with van der Waals surface area (Å²) in [5, 5.41) is 0. The van der Waals surface area contributed by atoms with Gasteiger partial charge in [0.2, 0.25) is 0 Å². The molecular formula is C16H34N2. The normalized spacial score (nSPS) is 28.7. The Bertz CT molecular complexity index is 259. The highest BCUT2D eigenvalue weighted by atomic mass is 15.3. The third-order valence-electron chi connectivity index (χ3n) is 4.27. The van der Waals surface area contributed by atoms with Crippen LogP contribution in [-0.4, -0.2) is 42.6 Å². The van der Waals surface area contributed by atoms with Crippen molar-refractivity contribution in [3.63, 3.8) is 0 Å². The maximum Gasteiger partial charge on any atom is 0.0506 e. The predicted octanol–water partition coefficient (Wildman–Crippen LogP) is 3.68. The van der Waals surface area contributed by atoms with Gasteiger partial charge >= 0.3 is 0 Å². The van der Waals surface area contributed by atoms with Crippen LogP contribution in [0.2, 0.25) is 0 Å². The van der Waals surface area contributed by atoms with E-state index in [0.717, 1.165) is 12.6 Å². The van der Waals surface area contributed by atoms with Crippen LogP contribution in [0.15, 0.2) is 0 Å². The van der Waals surface area contributed by atoms with Crippen molar-refractivity contribution >= 4 is 0 Å². The van der Waals surface area contributed by atoms with Crippen molar-refractivity contribution in [2.75, 3.05) is 26.8 Å². The first-order valence-electron chi connectivity index (χ1n) is 7.50. The quantitative estimate of drug-likeness (QED) is 0.742. The minimum atomic E-state index is 0.352. The zero-order valence-electron chi connectivity index (χ0n) is 13.9. The van der Waals surface area contributed by atoms with Crippen LogP contribution in [0.25, 0.3) is 0 Å². The zero-order valence-corrected chi connectivity index (χ0v) is 13.9. The maximum absolute atomic E-state index is 2.62. The second-order valence-electron chi connectivity index (χ2n) is 8.26. The minimum absolute atomic E-state index is 0.352. The molecule has 0 saturated carbocycles. The van der Waals surface area contributed by atoms with Crippen LogP contribution in [0.3, 0.4) is 0 Å². The Hall–Kier alpha value is -0.0800. The van der Waals surface area contributed by atoms with Gasteiger partial charge in [-0.1, -0.05) is 48.5 Å². The number of nitrogens with zero attached hydrogens (tertiary/aromatic N) is 2. The number of hydrogen-bond donors (Lipinski definition) is 0. The summed E-state index contributed by atoms with van der Waals surface area (Å²) >= 11 is 0. The van der Waals surface area contributed by atoms with Crippen LogP contribution in [0.5, 0.6) is 0 Å². The van der Waals surface area contributed by atoms with Crippen LogP contribution in [-0.2, 0) is 0 Å². The van der Waals surface area contributed by atoms with Crippen molar-refractivity contribution in [2.45, 2.75) is 60.9 Å². The lowest BCUT2D eigenvalue weighted by Crippen LogP contribution is -2.61. The van der Waals surface area contributed by atoms with Gasteiger partial charge in [-0.05, 0) is 36.8 Å². The second-order valence-corrected chi connectivity index (χ2v) is 8.26. The lowest BCUT2D eigenvalue weighted by molar-refractivity contribution is -0.0698. The standard InChI is InChI=1S/C16H34N2/c1-9-10-18-11-13(15(2,3)4)14(16(5,6)7)17(8)12-18/h13-14H,9-12H2,1-8H3. The van der Waals surface area contributed by atoms with Gasteiger partial charge in [0.05, 0.1) is 6.67 Å². The van der Waals surface area contributed by atoms with Crippen LogP contribution in [0.4, 0.5) is 0 Å². The third-order valence-corrected chi connectivity index (χ3v) is 4.27. The van der Waals surface area contributed by atoms with E-state index in [9.17, 15) is 0 Å². The minimum Gasteiger partial charge on any atom is -0.290 e. The molecule has 18 heavy (non-hydrogen) atoms. The van der Waals surface area contributed by atoms with Gasteiger partial charge in [-0.3, -0.25) is 9.80 Å². The Balaban J connectivity index is 2.95. The molecule has 1 rings (SSSR count). The fourth-order valence-corrected chi connectivity index (χ4v) is 3.64. The van der Waals surface area contributed by atoms with Crippen LogP contribution < -0.4 is 0 Å². The molecule has 1 heterocycles. The van der Waals surface area contributed by atoms with Gasteiger partial charge in [-0.15, -0.1) is 0 Å². The molecule has 0 radical (unpaired) electrons. The highest BCUT2D eigenvalue weighted by molar-refractivity contribution is 4.96. The monoisotopic (exact) mass is 254 g/mol. The Morgan fingerprint density at radius 3 is 1.94 bits per heavy atom. The molecule has 2 heteroatoms. The Morgan fingerprint density at radius 2 is 1.56 bits per heavy atom. The maximum atomic E-state index is 2.62. The molecule has 108 valence electrons. The summed E-state index contributed by atoms with van der Waals surface area (Å²) in [6.07, 6.45) is 1.25. The van der Waals surface area contributed by atoms with Gasteiger partial charge in [0.25, 0.3) is 0 Å². The lowest BCUT2D eigenvalue weighted by atomic mass is 9.66. The van der Waals surface area contributed by atoms with E-state index in [1.165, 1.54) is 19.5 Å². The average molecular weight is 254 g/mol. The largest absolute Gasteiger partial charge is 0.290 e. The molecule has 0 aliphatic carbocycles. The van der Waals surface area contributed by atoms with E-state index in [4.69, 9.17) is 0 Å². The topological polar surface area (TPSA) is 6.48 Å². The van der Waals surface area contributed by atoms with E-state index in [-0.39, 0.29) is 0 Å². The molecule has 0 bridgehead atoms. The average Bonchev–Trinajstić information content (AvgIpc) is 2.13. The molecule has 1 aliphatic heterocycles. The highest BCUT2D eigenvalue weighted by Gasteiger charge is 2.44. The van der Waals surface area contributed by atoms with E-state index < -0.39 is 0 Å². The molecule has 0 N–H and O–H groups in total. The first-order valence-corrected chi connectivity index (χ1v) is 7.50. The molecule has 0 amide bonds. The lowest BCUT2D eigenvalue weighted by Gasteiger charge is -2.54. The van der Waals surface area contributed by atoms with Gasteiger partial charge in [0.15, 0.2) is 0 Å². The third kappa shape index (κ3) is 3.71. The second kappa shape index (κ2) is 5.50. The van der Waals surface area contributed by atoms with Crippen molar-refractivity contribution in [1.29, 1.82) is 0 Å². The van der Waals surface area contributed by atoms with Crippen molar-refractivity contribution in [2.24, 2.45) is 16.7 Å². The molecule has 0 aromatic carbocycles. The molecule has 0 aromatic heterocycles. The summed E-state index contributed by atoms with van der Waals surface area (Å²) in [5.41, 5.74) is 0.726. The van der Waals surface area contributed by atoms with Crippen LogP contribution in [0.1, 0.15) is 54.9 Å². The fraction of sp³-hybridized carbons (Fsp3) is 1.00. The summed E-state index contributed by atoms with van der Waals surface area (Å²) in [6.45, 7) is 20.3. The van der Waals surface area contributed by atoms with E-state index in [1.54, 1.807) is 0 Å². The first-order chi connectivity index (χ1) is 8.07. The fourth-order valence-electron chi connectivity index (χ4n) is 3.64. The summed E-state index contributed by atoms with van der Waals surface area (Å²) in [7, 11) is 2.30. The highest BCUT2D eigenvalue weighted by Crippen LogP contribution is 2.41. The summed E-state index contributed by atoms with van der Waals surface area (Å²) in [4.78, 5) is 5.20. The van der Waals surface area contributed by atoms with Gasteiger partial charge in [0, 0.05) is 12.6 Å². The smallest absolute Gasteiger partial charge is 0.0506 e. The Kier molecular flexibility index (Phi) is 4.88. The molecule has 2 unspecified atom stereocenters. The number of rotatable bonds is 2. The molecule has 1 saturated heterocycles. The van der Waals surface area contributed by atoms with E-state index in [2.05, 4.69) is 65.3 Å². The Labute approximate surface area is 115 Å². The van der Waals surface area contributed by atoms with Crippen molar-refractivity contribution < 1.29 is 0 Å². The summed E-state index contributed by atoms with van der Waals surface area (Å²) < 4.78 is 0.